The van der Waals surface area contributed by atoms with Gasteiger partial charge in [-0.25, -0.2) is 0 Å². The largest absolute Gasteiger partial charge is 0.296 e. The highest BCUT2D eigenvalue weighted by Crippen LogP contribution is 2.23. The van der Waals surface area contributed by atoms with E-state index in [2.05, 4.69) is 53.7 Å². The molecule has 0 saturated carbocycles. The van der Waals surface area contributed by atoms with E-state index in [9.17, 15) is 0 Å². The Morgan fingerprint density at radius 3 is 2.57 bits per heavy atom. The number of nitrogens with zero attached hydrogens (tertiary/aromatic N) is 1. The van der Waals surface area contributed by atoms with Gasteiger partial charge in [0.25, 0.3) is 0 Å². The molecule has 0 aliphatic carbocycles. The molecule has 0 amide bonds. The first-order valence-electron chi connectivity index (χ1n) is 5.11. The van der Waals surface area contributed by atoms with Crippen molar-refractivity contribution >= 4 is 27.3 Å². The van der Waals surface area contributed by atoms with Crippen LogP contribution in [0, 0.1) is 0 Å². The smallest absolute Gasteiger partial charge is 0.0701 e. The highest BCUT2D eigenvalue weighted by Gasteiger charge is 2.09. The summed E-state index contributed by atoms with van der Waals surface area (Å²) in [6, 6.07) is 4.97. The van der Waals surface area contributed by atoms with Crippen LogP contribution in [0.5, 0.6) is 0 Å². The molecule has 0 aliphatic heterocycles. The van der Waals surface area contributed by atoms with E-state index in [0.717, 1.165) is 6.54 Å². The fourth-order valence-electron chi connectivity index (χ4n) is 1.44. The monoisotopic (exact) mass is 275 g/mol. The molecular formula is C11H18BrNS. The molecule has 0 fully saturated rings. The summed E-state index contributed by atoms with van der Waals surface area (Å²) in [5.74, 6) is 0. The van der Waals surface area contributed by atoms with Crippen molar-refractivity contribution in [3.63, 3.8) is 0 Å². The number of hydrogen-bond acceptors (Lipinski definition) is 2. The molecule has 0 radical (unpaired) electrons. The lowest BCUT2D eigenvalue weighted by Gasteiger charge is -2.25. The topological polar surface area (TPSA) is 3.24 Å². The quantitative estimate of drug-likeness (QED) is 0.781. The molecule has 0 bridgehead atoms. The molecule has 0 saturated heterocycles. The van der Waals surface area contributed by atoms with Crippen molar-refractivity contribution in [2.75, 3.05) is 6.54 Å². The van der Waals surface area contributed by atoms with Gasteiger partial charge in [0.05, 0.1) is 3.79 Å². The van der Waals surface area contributed by atoms with E-state index in [-0.39, 0.29) is 0 Å². The summed E-state index contributed by atoms with van der Waals surface area (Å²) >= 11 is 5.33. The van der Waals surface area contributed by atoms with Gasteiger partial charge in [-0.3, -0.25) is 4.90 Å². The van der Waals surface area contributed by atoms with Crippen molar-refractivity contribution in [3.8, 4) is 0 Å². The van der Waals surface area contributed by atoms with E-state index < -0.39 is 0 Å². The van der Waals surface area contributed by atoms with Crippen molar-refractivity contribution in [1.29, 1.82) is 0 Å². The Kier molecular flexibility index (Phi) is 5.13. The summed E-state index contributed by atoms with van der Waals surface area (Å²) in [5, 5.41) is 0. The maximum Gasteiger partial charge on any atom is 0.0701 e. The summed E-state index contributed by atoms with van der Waals surface area (Å²) in [4.78, 5) is 3.96. The van der Waals surface area contributed by atoms with Crippen LogP contribution in [0.2, 0.25) is 0 Å². The van der Waals surface area contributed by atoms with E-state index >= 15 is 0 Å². The van der Waals surface area contributed by atoms with Crippen LogP contribution in [0.15, 0.2) is 15.9 Å². The Hall–Kier alpha value is 0.140. The summed E-state index contributed by atoms with van der Waals surface area (Å²) in [7, 11) is 0. The maximum absolute atomic E-state index is 3.50. The molecule has 0 N–H and O–H groups in total. The third kappa shape index (κ3) is 3.71. The first-order chi connectivity index (χ1) is 6.63. The minimum atomic E-state index is 0.635. The molecule has 0 unspecified atom stereocenters. The van der Waals surface area contributed by atoms with Gasteiger partial charge in [0.15, 0.2) is 0 Å². The summed E-state index contributed by atoms with van der Waals surface area (Å²) in [6.07, 6.45) is 1.23. The Bertz CT molecular complexity index is 270. The van der Waals surface area contributed by atoms with Gasteiger partial charge in [0, 0.05) is 17.5 Å². The van der Waals surface area contributed by atoms with Crippen LogP contribution in [0.1, 0.15) is 32.1 Å². The van der Waals surface area contributed by atoms with Gasteiger partial charge in [-0.05, 0) is 54.9 Å². The second kappa shape index (κ2) is 5.89. The molecule has 1 rings (SSSR count). The molecule has 14 heavy (non-hydrogen) atoms. The van der Waals surface area contributed by atoms with Gasteiger partial charge in [-0.15, -0.1) is 11.3 Å². The zero-order valence-corrected chi connectivity index (χ0v) is 11.5. The van der Waals surface area contributed by atoms with Gasteiger partial charge in [0.1, 0.15) is 0 Å². The summed E-state index contributed by atoms with van der Waals surface area (Å²) < 4.78 is 1.23. The SMILES string of the molecule is CCCN(Cc1ccc(Br)s1)C(C)C. The van der Waals surface area contributed by atoms with E-state index in [1.165, 1.54) is 21.6 Å². The van der Waals surface area contributed by atoms with E-state index in [1.54, 1.807) is 0 Å². The number of hydrogen-bond donors (Lipinski definition) is 0. The molecule has 1 nitrogen and oxygen atoms in total. The zero-order chi connectivity index (χ0) is 10.6. The molecule has 1 aromatic heterocycles. The molecule has 0 spiro atoms. The lowest BCUT2D eigenvalue weighted by Crippen LogP contribution is -2.30. The molecule has 1 aromatic rings. The maximum atomic E-state index is 3.50. The van der Waals surface area contributed by atoms with Crippen LogP contribution in [-0.2, 0) is 6.54 Å². The van der Waals surface area contributed by atoms with Crippen molar-refractivity contribution < 1.29 is 0 Å². The number of halogens is 1. The van der Waals surface area contributed by atoms with E-state index in [0.29, 0.717) is 6.04 Å². The Labute approximate surface area is 99.3 Å². The lowest BCUT2D eigenvalue weighted by atomic mass is 10.3. The highest BCUT2D eigenvalue weighted by molar-refractivity contribution is 9.11. The third-order valence-corrected chi connectivity index (χ3v) is 3.84. The van der Waals surface area contributed by atoms with Gasteiger partial charge < -0.3 is 0 Å². The Balaban J connectivity index is 2.55. The van der Waals surface area contributed by atoms with E-state index in [1.807, 2.05) is 11.3 Å². The molecule has 1 heterocycles. The fraction of sp³-hybridized carbons (Fsp3) is 0.636. The normalized spacial score (nSPS) is 11.6. The van der Waals surface area contributed by atoms with Crippen molar-refractivity contribution in [2.24, 2.45) is 0 Å². The molecule has 3 heteroatoms. The van der Waals surface area contributed by atoms with Crippen LogP contribution in [0.25, 0.3) is 0 Å². The van der Waals surface area contributed by atoms with Crippen LogP contribution >= 0.6 is 27.3 Å². The molecule has 80 valence electrons. The van der Waals surface area contributed by atoms with Gasteiger partial charge >= 0.3 is 0 Å². The van der Waals surface area contributed by atoms with Crippen molar-refractivity contribution in [3.05, 3.63) is 20.8 Å². The predicted octanol–water partition coefficient (Wildman–Crippen LogP) is 4.13. The lowest BCUT2D eigenvalue weighted by molar-refractivity contribution is 0.215. The van der Waals surface area contributed by atoms with Gasteiger partial charge in [-0.2, -0.15) is 0 Å². The minimum Gasteiger partial charge on any atom is -0.296 e. The summed E-state index contributed by atoms with van der Waals surface area (Å²) in [6.45, 7) is 9.03. The van der Waals surface area contributed by atoms with Crippen LogP contribution < -0.4 is 0 Å². The minimum absolute atomic E-state index is 0.635. The molecular weight excluding hydrogens is 258 g/mol. The Morgan fingerprint density at radius 2 is 2.14 bits per heavy atom. The van der Waals surface area contributed by atoms with Crippen LogP contribution in [0.4, 0.5) is 0 Å². The second-order valence-electron chi connectivity index (χ2n) is 3.77. The number of thiophene rings is 1. The third-order valence-electron chi connectivity index (χ3n) is 2.23. The highest BCUT2D eigenvalue weighted by atomic mass is 79.9. The van der Waals surface area contributed by atoms with Crippen molar-refractivity contribution in [1.82, 2.24) is 4.90 Å². The average Bonchev–Trinajstić information content (AvgIpc) is 2.50. The first kappa shape index (κ1) is 12.2. The van der Waals surface area contributed by atoms with Gasteiger partial charge in [0.2, 0.25) is 0 Å². The second-order valence-corrected chi connectivity index (χ2v) is 6.32. The van der Waals surface area contributed by atoms with E-state index in [4.69, 9.17) is 0 Å². The average molecular weight is 276 g/mol. The molecule has 0 atom stereocenters. The first-order valence-corrected chi connectivity index (χ1v) is 6.72. The number of rotatable bonds is 5. The molecule has 0 aromatic carbocycles. The fourth-order valence-corrected chi connectivity index (χ4v) is 2.95. The van der Waals surface area contributed by atoms with Crippen LogP contribution in [-0.4, -0.2) is 17.5 Å². The standard InChI is InChI=1S/C11H18BrNS/c1-4-7-13(9(2)3)8-10-5-6-11(12)14-10/h5-6,9H,4,7-8H2,1-3H3. The van der Waals surface area contributed by atoms with Gasteiger partial charge in [-0.1, -0.05) is 6.92 Å². The van der Waals surface area contributed by atoms with Crippen molar-refractivity contribution in [2.45, 2.75) is 39.8 Å². The summed E-state index contributed by atoms with van der Waals surface area (Å²) in [5.41, 5.74) is 0. The molecule has 0 aliphatic rings. The predicted molar refractivity (Wildman–Crippen MR) is 67.9 cm³/mol. The zero-order valence-electron chi connectivity index (χ0n) is 9.09. The van der Waals surface area contributed by atoms with Crippen LogP contribution in [0.3, 0.4) is 0 Å². The Morgan fingerprint density at radius 1 is 1.43 bits per heavy atom.